The third-order valence-corrected chi connectivity index (χ3v) is 7.00. The number of unbranched alkanes of at least 4 members (excludes halogenated alkanes) is 16. The molecule has 0 rings (SSSR count). The molecule has 0 aliphatic rings. The molecule has 34 heavy (non-hydrogen) atoms. The van der Waals surface area contributed by atoms with E-state index in [1.54, 1.807) is 11.9 Å². The van der Waals surface area contributed by atoms with Gasteiger partial charge in [-0.15, -0.1) is 0 Å². The Kier molecular flexibility index (Phi) is 29.1. The van der Waals surface area contributed by atoms with Crippen LogP contribution in [0.2, 0.25) is 0 Å². The van der Waals surface area contributed by atoms with E-state index in [2.05, 4.69) is 19.1 Å². The van der Waals surface area contributed by atoms with Crippen molar-refractivity contribution >= 4 is 16.0 Å². The fourth-order valence-corrected chi connectivity index (χ4v) is 4.56. The summed E-state index contributed by atoms with van der Waals surface area (Å²) in [6.45, 7) is 2.78. The van der Waals surface area contributed by atoms with Crippen molar-refractivity contribution in [1.29, 1.82) is 0 Å². The van der Waals surface area contributed by atoms with Crippen LogP contribution in [0.5, 0.6) is 0 Å². The first kappa shape index (κ1) is 36.9. The zero-order chi connectivity index (χ0) is 24.6. The number of allylic oxidation sites excluding steroid dienone is 2. The molecule has 0 aliphatic heterocycles. The molecule has 0 saturated carbocycles. The Bertz CT molecular complexity index is 581. The molecule has 0 bridgehead atoms. The minimum absolute atomic E-state index is 0. The van der Waals surface area contributed by atoms with Gasteiger partial charge in [-0.25, -0.2) is 8.42 Å². The van der Waals surface area contributed by atoms with E-state index in [0.717, 1.165) is 12.8 Å². The van der Waals surface area contributed by atoms with Crippen molar-refractivity contribution in [2.45, 2.75) is 135 Å². The van der Waals surface area contributed by atoms with E-state index in [1.165, 1.54) is 96.3 Å². The van der Waals surface area contributed by atoms with Gasteiger partial charge in [-0.2, -0.15) is 0 Å². The van der Waals surface area contributed by atoms with Gasteiger partial charge in [0, 0.05) is 25.8 Å². The zero-order valence-corrected chi connectivity index (χ0v) is 26.6. The van der Waals surface area contributed by atoms with E-state index in [4.69, 9.17) is 0 Å². The fraction of sp³-hybridized carbons (Fsp3) is 0.889. The quantitative estimate of drug-likeness (QED) is 0.0811. The van der Waals surface area contributed by atoms with Crippen LogP contribution in [0.15, 0.2) is 12.2 Å². The van der Waals surface area contributed by atoms with Crippen LogP contribution in [0.4, 0.5) is 0 Å². The molecule has 0 aromatic heterocycles. The maximum atomic E-state index is 12.1. The van der Waals surface area contributed by atoms with Gasteiger partial charge < -0.3 is 9.45 Å². The van der Waals surface area contributed by atoms with Gasteiger partial charge in [0.05, 0.1) is 10.1 Å². The molecule has 0 saturated heterocycles. The topological polar surface area (TPSA) is 77.5 Å². The second kappa shape index (κ2) is 26.8. The van der Waals surface area contributed by atoms with Crippen molar-refractivity contribution in [3.8, 4) is 0 Å². The molecular formula is C27H52KNO4S. The summed E-state index contributed by atoms with van der Waals surface area (Å²) in [6.07, 6.45) is 28.0. The monoisotopic (exact) mass is 525 g/mol. The molecule has 5 nitrogen and oxygen atoms in total. The average molecular weight is 526 g/mol. The molecule has 1 amide bonds. The molecule has 0 fully saturated rings. The van der Waals surface area contributed by atoms with E-state index < -0.39 is 10.1 Å². The van der Waals surface area contributed by atoms with Crippen molar-refractivity contribution in [1.82, 2.24) is 4.90 Å². The molecule has 7 heteroatoms. The summed E-state index contributed by atoms with van der Waals surface area (Å²) in [7, 11) is -2.39. The summed E-state index contributed by atoms with van der Waals surface area (Å²) in [5, 5.41) is 0. The Morgan fingerprint density at radius 2 is 1.15 bits per heavy atom. The van der Waals surface area contributed by atoms with Crippen molar-refractivity contribution in [2.24, 2.45) is 0 Å². The second-order valence-electron chi connectivity index (χ2n) is 9.53. The van der Waals surface area contributed by atoms with Crippen LogP contribution in [0.1, 0.15) is 135 Å². The first-order chi connectivity index (χ1) is 15.9. The molecule has 0 N–H and O–H groups in total. The van der Waals surface area contributed by atoms with Gasteiger partial charge in [0.1, 0.15) is 0 Å². The van der Waals surface area contributed by atoms with Crippen molar-refractivity contribution in [2.75, 3.05) is 19.3 Å². The minimum Gasteiger partial charge on any atom is -0.748 e. The third-order valence-electron chi connectivity index (χ3n) is 6.22. The Labute approximate surface area is 254 Å². The van der Waals surface area contributed by atoms with E-state index in [9.17, 15) is 17.8 Å². The zero-order valence-electron chi connectivity index (χ0n) is 22.7. The van der Waals surface area contributed by atoms with Crippen LogP contribution in [-0.4, -0.2) is 43.1 Å². The molecule has 0 unspecified atom stereocenters. The van der Waals surface area contributed by atoms with Gasteiger partial charge >= 0.3 is 51.4 Å². The number of carbonyl (C=O) groups is 1. The van der Waals surface area contributed by atoms with E-state index in [-0.39, 0.29) is 63.0 Å². The molecular weight excluding hydrogens is 473 g/mol. The first-order valence-corrected chi connectivity index (χ1v) is 15.3. The molecule has 0 aromatic carbocycles. The second-order valence-corrected chi connectivity index (χ2v) is 11.1. The van der Waals surface area contributed by atoms with Crippen LogP contribution in [0, 0.1) is 0 Å². The molecule has 0 radical (unpaired) electrons. The average Bonchev–Trinajstić information content (AvgIpc) is 2.77. The molecule has 196 valence electrons. The van der Waals surface area contributed by atoms with Gasteiger partial charge in [0.25, 0.3) is 0 Å². The van der Waals surface area contributed by atoms with Crippen LogP contribution in [0.25, 0.3) is 0 Å². The number of hydrogen-bond donors (Lipinski definition) is 0. The maximum Gasteiger partial charge on any atom is 1.00 e. The summed E-state index contributed by atoms with van der Waals surface area (Å²) in [5.41, 5.74) is 0. The smallest absolute Gasteiger partial charge is 0.748 e. The summed E-state index contributed by atoms with van der Waals surface area (Å²) in [6, 6.07) is 0. The predicted octanol–water partition coefficient (Wildman–Crippen LogP) is 4.37. The van der Waals surface area contributed by atoms with Crippen molar-refractivity contribution < 1.29 is 69.1 Å². The third kappa shape index (κ3) is 29.0. The van der Waals surface area contributed by atoms with Gasteiger partial charge in [-0.3, -0.25) is 4.79 Å². The van der Waals surface area contributed by atoms with Crippen molar-refractivity contribution in [3.05, 3.63) is 12.2 Å². The largest absolute Gasteiger partial charge is 1.00 e. The van der Waals surface area contributed by atoms with Gasteiger partial charge in [-0.05, 0) is 44.9 Å². The van der Waals surface area contributed by atoms with E-state index in [1.807, 2.05) is 0 Å². The molecule has 0 heterocycles. The van der Waals surface area contributed by atoms with Gasteiger partial charge in [-0.1, -0.05) is 96.1 Å². The molecule has 0 aliphatic carbocycles. The number of carbonyl (C=O) groups excluding carboxylic acids is 1. The maximum absolute atomic E-state index is 12.1. The Balaban J connectivity index is 0. The fourth-order valence-electron chi connectivity index (χ4n) is 4.00. The Morgan fingerprint density at radius 3 is 1.62 bits per heavy atom. The Morgan fingerprint density at radius 1 is 0.706 bits per heavy atom. The standard InChI is InChI=1S/C27H53NO4S.K/c1-3-4-5-6-7-8-9-10-11-12-13-14-15-16-17-18-19-20-21-24-27(29)28(2)25-22-23-26-33(30,31)32;/h10-11H,3-9,12-26H2,1-2H3,(H,30,31,32);/q;+1/p-1/b11-10+;. The van der Waals surface area contributed by atoms with E-state index in [0.29, 0.717) is 25.8 Å². The van der Waals surface area contributed by atoms with Crippen LogP contribution in [0.3, 0.4) is 0 Å². The predicted molar refractivity (Wildman–Crippen MR) is 139 cm³/mol. The van der Waals surface area contributed by atoms with Crippen molar-refractivity contribution in [3.63, 3.8) is 0 Å². The first-order valence-electron chi connectivity index (χ1n) is 13.7. The molecule has 0 aromatic rings. The SMILES string of the molecule is CCCCCCCC/C=C/CCCCCCCCCCCC(=O)N(C)CCCCS(=O)(=O)[O-].[K+]. The van der Waals surface area contributed by atoms with E-state index >= 15 is 0 Å². The number of amides is 1. The van der Waals surface area contributed by atoms with Crippen LogP contribution < -0.4 is 51.4 Å². The molecule has 0 spiro atoms. The number of hydrogen-bond acceptors (Lipinski definition) is 4. The molecule has 0 atom stereocenters. The normalized spacial score (nSPS) is 11.6. The van der Waals surface area contributed by atoms with Crippen LogP contribution >= 0.6 is 0 Å². The van der Waals surface area contributed by atoms with Gasteiger partial charge in [0.15, 0.2) is 0 Å². The van der Waals surface area contributed by atoms with Gasteiger partial charge in [0.2, 0.25) is 5.91 Å². The summed E-state index contributed by atoms with van der Waals surface area (Å²) >= 11 is 0. The summed E-state index contributed by atoms with van der Waals surface area (Å²) in [4.78, 5) is 13.7. The Hall–Kier alpha value is 0.756. The minimum atomic E-state index is -4.14. The number of nitrogens with zero attached hydrogens (tertiary/aromatic N) is 1. The number of rotatable bonds is 24. The van der Waals surface area contributed by atoms with Crippen LogP contribution in [-0.2, 0) is 14.9 Å². The summed E-state index contributed by atoms with van der Waals surface area (Å²) < 4.78 is 31.7. The summed E-state index contributed by atoms with van der Waals surface area (Å²) in [5.74, 6) is -0.230.